The Kier molecular flexibility index (Phi) is 5.91. The number of rotatable bonds is 5. The van der Waals surface area contributed by atoms with Crippen molar-refractivity contribution in [1.82, 2.24) is 10.2 Å². The smallest absolute Gasteiger partial charge is 0.224 e. The van der Waals surface area contributed by atoms with Gasteiger partial charge in [0.1, 0.15) is 0 Å². The van der Waals surface area contributed by atoms with Crippen LogP contribution >= 0.6 is 0 Å². The summed E-state index contributed by atoms with van der Waals surface area (Å²) in [5.41, 5.74) is 3.21. The fraction of sp³-hybridized carbons (Fsp3) is 0.440. The van der Waals surface area contributed by atoms with E-state index in [4.69, 9.17) is 4.74 Å². The van der Waals surface area contributed by atoms with Crippen LogP contribution in [0.5, 0.6) is 0 Å². The van der Waals surface area contributed by atoms with E-state index in [1.807, 2.05) is 48.2 Å². The molecule has 2 aliphatic rings. The molecule has 0 radical (unpaired) electrons. The number of amides is 2. The normalized spacial score (nSPS) is 22.0. The first-order valence-electron chi connectivity index (χ1n) is 10.8. The molecular formula is C25H30N2O3. The Morgan fingerprint density at radius 3 is 2.40 bits per heavy atom. The van der Waals surface area contributed by atoms with Crippen molar-refractivity contribution in [1.29, 1.82) is 0 Å². The van der Waals surface area contributed by atoms with Crippen LogP contribution in [0.1, 0.15) is 48.9 Å². The van der Waals surface area contributed by atoms with Crippen LogP contribution in [0.25, 0.3) is 0 Å². The first-order valence-corrected chi connectivity index (χ1v) is 10.8. The number of nitrogens with one attached hydrogen (secondary N) is 1. The molecule has 0 bridgehead atoms. The van der Waals surface area contributed by atoms with Crippen molar-refractivity contribution in [3.8, 4) is 0 Å². The number of carbonyl (C=O) groups excluding carboxylic acids is 2. The van der Waals surface area contributed by atoms with Gasteiger partial charge in [-0.05, 0) is 29.5 Å². The second-order valence-corrected chi connectivity index (χ2v) is 8.34. The number of benzene rings is 2. The van der Waals surface area contributed by atoms with E-state index in [9.17, 15) is 9.59 Å². The van der Waals surface area contributed by atoms with Crippen molar-refractivity contribution in [2.45, 2.75) is 50.2 Å². The monoisotopic (exact) mass is 406 g/mol. The minimum absolute atomic E-state index is 0.00120. The minimum atomic E-state index is -0.184. The molecular weight excluding hydrogens is 376 g/mol. The van der Waals surface area contributed by atoms with Gasteiger partial charge >= 0.3 is 0 Å². The van der Waals surface area contributed by atoms with E-state index in [2.05, 4.69) is 23.5 Å². The van der Waals surface area contributed by atoms with Crippen LogP contribution in [0, 0.1) is 0 Å². The summed E-state index contributed by atoms with van der Waals surface area (Å²) < 4.78 is 6.05. The predicted molar refractivity (Wildman–Crippen MR) is 116 cm³/mol. The van der Waals surface area contributed by atoms with Gasteiger partial charge in [0.2, 0.25) is 11.8 Å². The zero-order valence-electron chi connectivity index (χ0n) is 17.8. The van der Waals surface area contributed by atoms with E-state index in [0.29, 0.717) is 12.8 Å². The summed E-state index contributed by atoms with van der Waals surface area (Å²) in [4.78, 5) is 27.0. The summed E-state index contributed by atoms with van der Waals surface area (Å²) >= 11 is 0. The molecule has 1 spiro atoms. The number of methoxy groups -OCH3 is 1. The Hall–Kier alpha value is -2.66. The Bertz CT molecular complexity index is 904. The average Bonchev–Trinajstić information content (AvgIpc) is 3.03. The molecule has 5 nitrogen and oxygen atoms in total. The van der Waals surface area contributed by atoms with Crippen molar-refractivity contribution in [2.75, 3.05) is 20.2 Å². The molecule has 1 N–H and O–H groups in total. The third-order valence-electron chi connectivity index (χ3n) is 6.77. The lowest BCUT2D eigenvalue weighted by Gasteiger charge is -2.44. The van der Waals surface area contributed by atoms with Gasteiger partial charge < -0.3 is 15.0 Å². The van der Waals surface area contributed by atoms with E-state index < -0.39 is 0 Å². The lowest BCUT2D eigenvalue weighted by atomic mass is 9.72. The number of ether oxygens (including phenoxy) is 1. The maximum Gasteiger partial charge on any atom is 0.224 e. The van der Waals surface area contributed by atoms with Crippen molar-refractivity contribution in [3.05, 3.63) is 71.3 Å². The number of likely N-dealkylation sites (tertiary alicyclic amines) is 1. The number of nitrogens with zero attached hydrogens (tertiary/aromatic N) is 1. The van der Waals surface area contributed by atoms with Gasteiger partial charge in [-0.3, -0.25) is 9.59 Å². The summed E-state index contributed by atoms with van der Waals surface area (Å²) in [6.45, 7) is 3.37. The van der Waals surface area contributed by atoms with E-state index in [-0.39, 0.29) is 29.4 Å². The predicted octanol–water partition coefficient (Wildman–Crippen LogP) is 3.39. The molecule has 0 unspecified atom stereocenters. The first kappa shape index (κ1) is 20.6. The molecule has 1 fully saturated rings. The summed E-state index contributed by atoms with van der Waals surface area (Å²) in [5.74, 6) is 0.205. The number of hydrogen-bond donors (Lipinski definition) is 1. The quantitative estimate of drug-likeness (QED) is 0.828. The fourth-order valence-electron chi connectivity index (χ4n) is 5.31. The topological polar surface area (TPSA) is 58.6 Å². The SMILES string of the molecule is CCC(=O)N1CCC2(CC1)c1ccccc1[C@@H](NC(=O)Cc1ccccc1)[C@@H]2OC. The Morgan fingerprint density at radius 1 is 1.07 bits per heavy atom. The van der Waals surface area contributed by atoms with E-state index >= 15 is 0 Å². The maximum atomic E-state index is 12.9. The standard InChI is InChI=1S/C25H30N2O3/c1-3-22(29)27-15-13-25(14-16-27)20-12-8-7-11-19(20)23(24(25)30-2)26-21(28)17-18-9-5-4-6-10-18/h4-12,23-24H,3,13-17H2,1-2H3,(H,26,28)/t23-,24+/m1/s1. The van der Waals surface area contributed by atoms with Gasteiger partial charge in [-0.2, -0.15) is 0 Å². The Balaban J connectivity index is 1.58. The molecule has 4 rings (SSSR count). The van der Waals surface area contributed by atoms with Gasteiger partial charge in [-0.15, -0.1) is 0 Å². The van der Waals surface area contributed by atoms with Crippen LogP contribution in [0.15, 0.2) is 54.6 Å². The van der Waals surface area contributed by atoms with Crippen LogP contribution in [-0.4, -0.2) is 43.0 Å². The zero-order valence-corrected chi connectivity index (χ0v) is 17.8. The molecule has 2 aromatic rings. The zero-order chi connectivity index (χ0) is 21.1. The number of carbonyl (C=O) groups is 2. The molecule has 1 heterocycles. The van der Waals surface area contributed by atoms with Gasteiger partial charge in [0, 0.05) is 32.0 Å². The van der Waals surface area contributed by atoms with Gasteiger partial charge in [0.05, 0.1) is 18.6 Å². The number of piperidine rings is 1. The van der Waals surface area contributed by atoms with Crippen LogP contribution in [0.2, 0.25) is 0 Å². The van der Waals surface area contributed by atoms with E-state index in [1.54, 1.807) is 7.11 Å². The van der Waals surface area contributed by atoms with Crippen LogP contribution in [0.3, 0.4) is 0 Å². The van der Waals surface area contributed by atoms with Crippen molar-refractivity contribution < 1.29 is 14.3 Å². The molecule has 1 aliphatic carbocycles. The highest BCUT2D eigenvalue weighted by molar-refractivity contribution is 5.79. The minimum Gasteiger partial charge on any atom is -0.378 e. The molecule has 2 amide bonds. The molecule has 2 atom stereocenters. The lowest BCUT2D eigenvalue weighted by molar-refractivity contribution is -0.133. The molecule has 2 aromatic carbocycles. The Labute approximate surface area is 178 Å². The average molecular weight is 407 g/mol. The van der Waals surface area contributed by atoms with E-state index in [0.717, 1.165) is 37.1 Å². The number of hydrogen-bond acceptors (Lipinski definition) is 3. The maximum absolute atomic E-state index is 12.9. The fourth-order valence-corrected chi connectivity index (χ4v) is 5.31. The molecule has 1 aliphatic heterocycles. The van der Waals surface area contributed by atoms with Crippen LogP contribution in [0.4, 0.5) is 0 Å². The summed E-state index contributed by atoms with van der Waals surface area (Å²) in [5, 5.41) is 3.26. The second kappa shape index (κ2) is 8.60. The second-order valence-electron chi connectivity index (χ2n) is 8.34. The molecule has 30 heavy (non-hydrogen) atoms. The Morgan fingerprint density at radius 2 is 1.73 bits per heavy atom. The molecule has 158 valence electrons. The highest BCUT2D eigenvalue weighted by Gasteiger charge is 2.54. The summed E-state index contributed by atoms with van der Waals surface area (Å²) in [6.07, 6.45) is 2.43. The van der Waals surface area contributed by atoms with Crippen molar-refractivity contribution in [3.63, 3.8) is 0 Å². The summed E-state index contributed by atoms with van der Waals surface area (Å²) in [6, 6.07) is 18.0. The molecule has 1 saturated heterocycles. The van der Waals surface area contributed by atoms with Gasteiger partial charge in [0.15, 0.2) is 0 Å². The first-order chi connectivity index (χ1) is 14.6. The van der Waals surface area contributed by atoms with Crippen molar-refractivity contribution in [2.24, 2.45) is 0 Å². The van der Waals surface area contributed by atoms with Crippen molar-refractivity contribution >= 4 is 11.8 Å². The van der Waals surface area contributed by atoms with Gasteiger partial charge in [-0.1, -0.05) is 61.5 Å². The third kappa shape index (κ3) is 3.63. The van der Waals surface area contributed by atoms with Gasteiger partial charge in [-0.25, -0.2) is 0 Å². The largest absolute Gasteiger partial charge is 0.378 e. The van der Waals surface area contributed by atoms with Crippen LogP contribution < -0.4 is 5.32 Å². The third-order valence-corrected chi connectivity index (χ3v) is 6.77. The molecule has 0 aromatic heterocycles. The van der Waals surface area contributed by atoms with Crippen LogP contribution in [-0.2, 0) is 26.2 Å². The highest BCUT2D eigenvalue weighted by atomic mass is 16.5. The summed E-state index contributed by atoms with van der Waals surface area (Å²) in [7, 11) is 1.73. The molecule has 5 heteroatoms. The van der Waals surface area contributed by atoms with E-state index in [1.165, 1.54) is 5.56 Å². The lowest BCUT2D eigenvalue weighted by Crippen LogP contribution is -2.51. The number of fused-ring (bicyclic) bond motifs is 2. The highest BCUT2D eigenvalue weighted by Crippen LogP contribution is 2.52. The molecule has 0 saturated carbocycles. The van der Waals surface area contributed by atoms with Gasteiger partial charge in [0.25, 0.3) is 0 Å².